The molecule has 2 aromatic carbocycles. The van der Waals surface area contributed by atoms with Crippen molar-refractivity contribution in [2.24, 2.45) is 0 Å². The molecule has 0 saturated heterocycles. The Morgan fingerprint density at radius 2 is 1.69 bits per heavy atom. The summed E-state index contributed by atoms with van der Waals surface area (Å²) in [4.78, 5) is 37.5. The Balaban J connectivity index is 1.94. The number of hydrogen-bond donors (Lipinski definition) is 1. The van der Waals surface area contributed by atoms with Gasteiger partial charge in [0.25, 0.3) is 5.56 Å². The van der Waals surface area contributed by atoms with Gasteiger partial charge in [-0.15, -0.1) is 6.58 Å². The van der Waals surface area contributed by atoms with Crippen LogP contribution in [0, 0.1) is 0 Å². The number of carbonyl (C=O) groups excluding carboxylic acids is 1. The zero-order chi connectivity index (χ0) is 18.5. The third kappa shape index (κ3) is 3.49. The van der Waals surface area contributed by atoms with Crippen molar-refractivity contribution in [1.82, 2.24) is 14.5 Å². The third-order valence-electron chi connectivity index (χ3n) is 4.08. The number of rotatable bonds is 6. The van der Waals surface area contributed by atoms with E-state index in [0.29, 0.717) is 17.4 Å². The third-order valence-corrected chi connectivity index (χ3v) is 4.08. The second-order valence-corrected chi connectivity index (χ2v) is 5.85. The highest BCUT2D eigenvalue weighted by Crippen LogP contribution is 2.07. The van der Waals surface area contributed by atoms with E-state index in [4.69, 9.17) is 0 Å². The fraction of sp³-hybridized carbons (Fsp3) is 0.150. The molecule has 0 unspecified atom stereocenters. The zero-order valence-corrected chi connectivity index (χ0v) is 14.2. The van der Waals surface area contributed by atoms with Crippen molar-refractivity contribution < 1.29 is 4.79 Å². The number of fused-ring (bicyclic) bond motifs is 1. The number of amides is 1. The lowest BCUT2D eigenvalue weighted by atomic mass is 10.2. The van der Waals surface area contributed by atoms with Gasteiger partial charge in [-0.05, 0) is 17.7 Å². The lowest BCUT2D eigenvalue weighted by Gasteiger charge is -2.13. The monoisotopic (exact) mass is 349 g/mol. The number of para-hydroxylation sites is 1. The molecule has 0 aliphatic rings. The number of nitrogens with zero attached hydrogens (tertiary/aromatic N) is 2. The summed E-state index contributed by atoms with van der Waals surface area (Å²) in [7, 11) is 0. The fourth-order valence-corrected chi connectivity index (χ4v) is 2.81. The molecule has 0 aliphatic carbocycles. The normalized spacial score (nSPS) is 10.6. The van der Waals surface area contributed by atoms with Crippen LogP contribution in [0.1, 0.15) is 5.56 Å². The molecule has 1 aromatic heterocycles. The molecule has 132 valence electrons. The van der Waals surface area contributed by atoms with Gasteiger partial charge in [0.05, 0.1) is 10.9 Å². The van der Waals surface area contributed by atoms with Crippen LogP contribution in [0.15, 0.2) is 76.8 Å². The highest BCUT2D eigenvalue weighted by Gasteiger charge is 2.14. The van der Waals surface area contributed by atoms with E-state index in [2.05, 4.69) is 11.9 Å². The minimum Gasteiger partial charge on any atom is -0.350 e. The van der Waals surface area contributed by atoms with E-state index in [-0.39, 0.29) is 24.6 Å². The molecule has 0 atom stereocenters. The first-order valence-corrected chi connectivity index (χ1v) is 8.25. The van der Waals surface area contributed by atoms with E-state index >= 15 is 0 Å². The second kappa shape index (κ2) is 7.65. The van der Waals surface area contributed by atoms with Gasteiger partial charge in [0.15, 0.2) is 0 Å². The summed E-state index contributed by atoms with van der Waals surface area (Å²) in [6.07, 6.45) is 1.48. The first-order chi connectivity index (χ1) is 12.6. The van der Waals surface area contributed by atoms with Crippen molar-refractivity contribution in [1.29, 1.82) is 0 Å². The summed E-state index contributed by atoms with van der Waals surface area (Å²) >= 11 is 0. The van der Waals surface area contributed by atoms with Gasteiger partial charge in [-0.1, -0.05) is 48.5 Å². The van der Waals surface area contributed by atoms with Crippen LogP contribution in [0.25, 0.3) is 10.9 Å². The first kappa shape index (κ1) is 17.4. The molecule has 0 fully saturated rings. The molecule has 26 heavy (non-hydrogen) atoms. The fourth-order valence-electron chi connectivity index (χ4n) is 2.81. The maximum absolute atomic E-state index is 12.7. The Bertz CT molecular complexity index is 1070. The molecule has 0 spiro atoms. The molecular formula is C20H19N3O3. The molecule has 0 radical (unpaired) electrons. The van der Waals surface area contributed by atoms with Crippen LogP contribution < -0.4 is 16.6 Å². The van der Waals surface area contributed by atoms with Crippen molar-refractivity contribution in [3.63, 3.8) is 0 Å². The standard InChI is InChI=1S/C20H19N3O3/c1-2-12-22-19(25)16-10-6-7-11-17(16)23(20(22)26)14-18(24)21-13-15-8-4-3-5-9-15/h2-11H,1,12-14H2,(H,21,24). The average Bonchev–Trinajstić information content (AvgIpc) is 2.67. The maximum Gasteiger partial charge on any atom is 0.332 e. The number of aromatic nitrogens is 2. The minimum atomic E-state index is -0.525. The van der Waals surface area contributed by atoms with E-state index in [9.17, 15) is 14.4 Å². The van der Waals surface area contributed by atoms with Crippen LogP contribution in [-0.4, -0.2) is 15.0 Å². The van der Waals surface area contributed by atoms with E-state index in [0.717, 1.165) is 10.1 Å². The molecule has 1 N–H and O–H groups in total. The molecule has 0 saturated carbocycles. The second-order valence-electron chi connectivity index (χ2n) is 5.85. The molecular weight excluding hydrogens is 330 g/mol. The van der Waals surface area contributed by atoms with Gasteiger partial charge in [0, 0.05) is 13.1 Å². The topological polar surface area (TPSA) is 73.1 Å². The van der Waals surface area contributed by atoms with E-state index < -0.39 is 5.69 Å². The summed E-state index contributed by atoms with van der Waals surface area (Å²) in [5.41, 5.74) is 0.502. The van der Waals surface area contributed by atoms with Gasteiger partial charge in [-0.3, -0.25) is 18.7 Å². The average molecular weight is 349 g/mol. The number of hydrogen-bond acceptors (Lipinski definition) is 3. The molecule has 6 nitrogen and oxygen atoms in total. The molecule has 3 aromatic rings. The van der Waals surface area contributed by atoms with E-state index in [1.165, 1.54) is 10.6 Å². The van der Waals surface area contributed by atoms with Gasteiger partial charge in [0.2, 0.25) is 5.91 Å². The molecule has 1 heterocycles. The Labute approximate surface area is 150 Å². The smallest absolute Gasteiger partial charge is 0.332 e. The largest absolute Gasteiger partial charge is 0.350 e. The van der Waals surface area contributed by atoms with Crippen LogP contribution in [0.3, 0.4) is 0 Å². The van der Waals surface area contributed by atoms with Crippen LogP contribution in [0.2, 0.25) is 0 Å². The molecule has 0 bridgehead atoms. The highest BCUT2D eigenvalue weighted by molar-refractivity contribution is 5.81. The van der Waals surface area contributed by atoms with Crippen molar-refractivity contribution in [3.8, 4) is 0 Å². The van der Waals surface area contributed by atoms with Gasteiger partial charge in [-0.25, -0.2) is 4.79 Å². The quantitative estimate of drug-likeness (QED) is 0.688. The van der Waals surface area contributed by atoms with E-state index in [1.54, 1.807) is 24.3 Å². The van der Waals surface area contributed by atoms with E-state index in [1.807, 2.05) is 30.3 Å². The van der Waals surface area contributed by atoms with Crippen LogP contribution in [-0.2, 0) is 24.4 Å². The predicted molar refractivity (Wildman–Crippen MR) is 101 cm³/mol. The summed E-state index contributed by atoms with van der Waals surface area (Å²) in [6.45, 7) is 3.89. The Hall–Kier alpha value is -3.41. The zero-order valence-electron chi connectivity index (χ0n) is 14.2. The van der Waals surface area contributed by atoms with Gasteiger partial charge >= 0.3 is 5.69 Å². The number of nitrogens with one attached hydrogen (secondary N) is 1. The Morgan fingerprint density at radius 3 is 2.42 bits per heavy atom. The van der Waals surface area contributed by atoms with Gasteiger partial charge in [0.1, 0.15) is 6.54 Å². The van der Waals surface area contributed by atoms with Crippen LogP contribution >= 0.6 is 0 Å². The highest BCUT2D eigenvalue weighted by atomic mass is 16.2. The molecule has 6 heteroatoms. The summed E-state index contributed by atoms with van der Waals surface area (Å²) < 4.78 is 2.40. The maximum atomic E-state index is 12.7. The van der Waals surface area contributed by atoms with Crippen LogP contribution in [0.5, 0.6) is 0 Å². The molecule has 0 aliphatic heterocycles. The Morgan fingerprint density at radius 1 is 1.00 bits per heavy atom. The summed E-state index contributed by atoms with van der Waals surface area (Å²) in [5.74, 6) is -0.301. The number of benzene rings is 2. The number of carbonyl (C=O) groups is 1. The van der Waals surface area contributed by atoms with Crippen molar-refractivity contribution in [3.05, 3.63) is 93.7 Å². The Kier molecular flexibility index (Phi) is 5.12. The number of allylic oxidation sites excluding steroid dienone is 1. The van der Waals surface area contributed by atoms with Crippen molar-refractivity contribution >= 4 is 16.8 Å². The summed E-state index contributed by atoms with van der Waals surface area (Å²) in [5, 5.41) is 3.19. The van der Waals surface area contributed by atoms with Crippen molar-refractivity contribution in [2.45, 2.75) is 19.6 Å². The predicted octanol–water partition coefficient (Wildman–Crippen LogP) is 1.67. The summed E-state index contributed by atoms with van der Waals surface area (Å²) in [6, 6.07) is 16.3. The lowest BCUT2D eigenvalue weighted by molar-refractivity contribution is -0.121. The molecule has 3 rings (SSSR count). The van der Waals surface area contributed by atoms with Gasteiger partial charge < -0.3 is 5.32 Å². The first-order valence-electron chi connectivity index (χ1n) is 8.25. The lowest BCUT2D eigenvalue weighted by Crippen LogP contribution is -2.42. The van der Waals surface area contributed by atoms with Crippen molar-refractivity contribution in [2.75, 3.05) is 0 Å². The molecule has 1 amide bonds. The van der Waals surface area contributed by atoms with Crippen LogP contribution in [0.4, 0.5) is 0 Å². The SMILES string of the molecule is C=CCn1c(=O)c2ccccc2n(CC(=O)NCc2ccccc2)c1=O. The van der Waals surface area contributed by atoms with Gasteiger partial charge in [-0.2, -0.15) is 0 Å². The minimum absolute atomic E-state index is 0.0914.